The van der Waals surface area contributed by atoms with Crippen molar-refractivity contribution in [2.24, 2.45) is 0 Å². The summed E-state index contributed by atoms with van der Waals surface area (Å²) in [6.45, 7) is 0.857. The van der Waals surface area contributed by atoms with Crippen molar-refractivity contribution in [2.75, 3.05) is 19.6 Å². The molecule has 8 heteroatoms. The summed E-state index contributed by atoms with van der Waals surface area (Å²) in [7, 11) is 0. The lowest BCUT2D eigenvalue weighted by Gasteiger charge is -2.39. The summed E-state index contributed by atoms with van der Waals surface area (Å²) < 4.78 is 1.76. The molecule has 0 spiro atoms. The highest BCUT2D eigenvalue weighted by molar-refractivity contribution is 6.04. The summed E-state index contributed by atoms with van der Waals surface area (Å²) in [5.41, 5.74) is 1.78. The summed E-state index contributed by atoms with van der Waals surface area (Å²) in [5.74, 6) is -0.735. The Morgan fingerprint density at radius 3 is 2.44 bits per heavy atom. The lowest BCUT2D eigenvalue weighted by molar-refractivity contribution is -0.148. The number of rotatable bonds is 4. The van der Waals surface area contributed by atoms with Crippen LogP contribution in [0, 0.1) is 0 Å². The molecule has 1 aromatic heterocycles. The van der Waals surface area contributed by atoms with Gasteiger partial charge in [0, 0.05) is 31.5 Å². The van der Waals surface area contributed by atoms with Crippen LogP contribution in [0.2, 0.25) is 0 Å². The number of carbonyl (C=O) groups excluding carboxylic acids is 3. The average molecular weight is 339 g/mol. The standard InChI is InChI=1S/C17H17N5O3/c23-15-6-7-16(24)21(15)11-17(25)20-8-13(9-20)22-10-14(18-19-22)12-4-2-1-3-5-12/h1-5,10,13H,6-9,11H2. The zero-order valence-electron chi connectivity index (χ0n) is 13.5. The van der Waals surface area contributed by atoms with Crippen molar-refractivity contribution in [2.45, 2.75) is 18.9 Å². The van der Waals surface area contributed by atoms with Crippen LogP contribution in [0.1, 0.15) is 18.9 Å². The Kier molecular flexibility index (Phi) is 3.79. The van der Waals surface area contributed by atoms with Crippen LogP contribution in [-0.4, -0.2) is 62.1 Å². The number of carbonyl (C=O) groups is 3. The van der Waals surface area contributed by atoms with Crippen LogP contribution in [0.5, 0.6) is 0 Å². The molecule has 8 nitrogen and oxygen atoms in total. The molecule has 2 aromatic rings. The third kappa shape index (κ3) is 2.90. The van der Waals surface area contributed by atoms with Gasteiger partial charge < -0.3 is 4.90 Å². The van der Waals surface area contributed by atoms with Gasteiger partial charge in [0.1, 0.15) is 12.2 Å². The van der Waals surface area contributed by atoms with Crippen LogP contribution in [0.15, 0.2) is 36.5 Å². The maximum Gasteiger partial charge on any atom is 0.242 e. The third-order valence-corrected chi connectivity index (χ3v) is 4.62. The van der Waals surface area contributed by atoms with Crippen molar-refractivity contribution in [3.05, 3.63) is 36.5 Å². The highest BCUT2D eigenvalue weighted by Crippen LogP contribution is 2.23. The van der Waals surface area contributed by atoms with Crippen LogP contribution >= 0.6 is 0 Å². The third-order valence-electron chi connectivity index (χ3n) is 4.62. The number of nitrogens with zero attached hydrogens (tertiary/aromatic N) is 5. The first-order valence-electron chi connectivity index (χ1n) is 8.20. The number of likely N-dealkylation sites (tertiary alicyclic amines) is 2. The second-order valence-electron chi connectivity index (χ2n) is 6.28. The Hall–Kier alpha value is -3.03. The topological polar surface area (TPSA) is 88.4 Å². The fraction of sp³-hybridized carbons (Fsp3) is 0.353. The SMILES string of the molecule is O=C(CN1C(=O)CCC1=O)N1CC(n2cc(-c3ccccc3)nn2)C1. The molecule has 0 atom stereocenters. The monoisotopic (exact) mass is 339 g/mol. The summed E-state index contributed by atoms with van der Waals surface area (Å²) in [4.78, 5) is 38.1. The summed E-state index contributed by atoms with van der Waals surface area (Å²) in [5, 5.41) is 8.32. The van der Waals surface area contributed by atoms with Crippen LogP contribution < -0.4 is 0 Å². The predicted octanol–water partition coefficient (Wildman–Crippen LogP) is 0.477. The number of benzene rings is 1. The fourth-order valence-corrected chi connectivity index (χ4v) is 3.06. The van der Waals surface area contributed by atoms with Gasteiger partial charge in [0.05, 0.1) is 12.2 Å². The molecule has 1 aromatic carbocycles. The number of imide groups is 1. The number of aromatic nitrogens is 3. The number of hydrogen-bond donors (Lipinski definition) is 0. The van der Waals surface area contributed by atoms with E-state index in [1.54, 1.807) is 9.58 Å². The Labute approximate surface area is 144 Å². The van der Waals surface area contributed by atoms with Crippen LogP contribution in [0.4, 0.5) is 0 Å². The highest BCUT2D eigenvalue weighted by Gasteiger charge is 2.36. The Morgan fingerprint density at radius 2 is 1.76 bits per heavy atom. The van der Waals surface area contributed by atoms with Gasteiger partial charge in [-0.2, -0.15) is 0 Å². The maximum absolute atomic E-state index is 12.2. The van der Waals surface area contributed by atoms with Crippen molar-refractivity contribution in [3.8, 4) is 11.3 Å². The van der Waals surface area contributed by atoms with E-state index < -0.39 is 0 Å². The molecule has 0 bridgehead atoms. The summed E-state index contributed by atoms with van der Waals surface area (Å²) in [6.07, 6.45) is 2.28. The summed E-state index contributed by atoms with van der Waals surface area (Å²) in [6, 6.07) is 9.83. The zero-order chi connectivity index (χ0) is 17.4. The van der Waals surface area contributed by atoms with Gasteiger partial charge in [0.25, 0.3) is 0 Å². The van der Waals surface area contributed by atoms with Crippen LogP contribution in [0.25, 0.3) is 11.3 Å². The molecule has 3 heterocycles. The maximum atomic E-state index is 12.2. The molecule has 128 valence electrons. The van der Waals surface area contributed by atoms with Crippen molar-refractivity contribution in [1.82, 2.24) is 24.8 Å². The molecule has 0 saturated carbocycles. The molecular formula is C17H17N5O3. The minimum Gasteiger partial charge on any atom is -0.337 e. The molecular weight excluding hydrogens is 322 g/mol. The molecule has 2 aliphatic heterocycles. The number of hydrogen-bond acceptors (Lipinski definition) is 5. The molecule has 25 heavy (non-hydrogen) atoms. The van der Waals surface area contributed by atoms with E-state index in [1.165, 1.54) is 0 Å². The van der Waals surface area contributed by atoms with E-state index in [-0.39, 0.29) is 43.1 Å². The van der Waals surface area contributed by atoms with Gasteiger partial charge in [-0.25, -0.2) is 4.68 Å². The zero-order valence-corrected chi connectivity index (χ0v) is 13.5. The van der Waals surface area contributed by atoms with E-state index in [0.29, 0.717) is 13.1 Å². The van der Waals surface area contributed by atoms with Gasteiger partial charge >= 0.3 is 0 Å². The van der Waals surface area contributed by atoms with E-state index in [2.05, 4.69) is 10.3 Å². The van der Waals surface area contributed by atoms with E-state index in [4.69, 9.17) is 0 Å². The molecule has 0 radical (unpaired) electrons. The normalized spacial score (nSPS) is 17.9. The lowest BCUT2D eigenvalue weighted by Crippen LogP contribution is -2.54. The quantitative estimate of drug-likeness (QED) is 0.756. The van der Waals surface area contributed by atoms with E-state index in [0.717, 1.165) is 16.2 Å². The van der Waals surface area contributed by atoms with Gasteiger partial charge in [-0.1, -0.05) is 35.5 Å². The molecule has 2 fully saturated rings. The van der Waals surface area contributed by atoms with Gasteiger partial charge in [-0.15, -0.1) is 5.10 Å². The first-order valence-corrected chi connectivity index (χ1v) is 8.20. The van der Waals surface area contributed by atoms with E-state index in [1.807, 2.05) is 36.5 Å². The van der Waals surface area contributed by atoms with E-state index >= 15 is 0 Å². The minimum absolute atomic E-state index is 0.0684. The smallest absolute Gasteiger partial charge is 0.242 e. The Bertz CT molecular complexity index is 810. The van der Waals surface area contributed by atoms with Crippen molar-refractivity contribution in [1.29, 1.82) is 0 Å². The van der Waals surface area contributed by atoms with Crippen molar-refractivity contribution in [3.63, 3.8) is 0 Å². The Balaban J connectivity index is 1.34. The molecule has 3 amide bonds. The van der Waals surface area contributed by atoms with Crippen molar-refractivity contribution < 1.29 is 14.4 Å². The van der Waals surface area contributed by atoms with Gasteiger partial charge in [0.15, 0.2) is 0 Å². The average Bonchev–Trinajstić information content (AvgIpc) is 3.17. The largest absolute Gasteiger partial charge is 0.337 e. The second-order valence-corrected chi connectivity index (χ2v) is 6.28. The predicted molar refractivity (Wildman–Crippen MR) is 87.0 cm³/mol. The Morgan fingerprint density at radius 1 is 1.08 bits per heavy atom. The fourth-order valence-electron chi connectivity index (χ4n) is 3.06. The first kappa shape index (κ1) is 15.5. The van der Waals surface area contributed by atoms with Crippen molar-refractivity contribution >= 4 is 17.7 Å². The molecule has 4 rings (SSSR count). The highest BCUT2D eigenvalue weighted by atomic mass is 16.2. The summed E-state index contributed by atoms with van der Waals surface area (Å²) >= 11 is 0. The molecule has 2 aliphatic rings. The molecule has 0 N–H and O–H groups in total. The lowest BCUT2D eigenvalue weighted by atomic mass is 10.1. The second kappa shape index (κ2) is 6.12. The van der Waals surface area contributed by atoms with Crippen LogP contribution in [0.3, 0.4) is 0 Å². The van der Waals surface area contributed by atoms with Gasteiger partial charge in [0.2, 0.25) is 17.7 Å². The molecule has 0 unspecified atom stereocenters. The van der Waals surface area contributed by atoms with Crippen LogP contribution in [-0.2, 0) is 14.4 Å². The molecule has 2 saturated heterocycles. The molecule has 0 aliphatic carbocycles. The van der Waals surface area contributed by atoms with E-state index in [9.17, 15) is 14.4 Å². The van der Waals surface area contributed by atoms with Gasteiger partial charge in [-0.3, -0.25) is 19.3 Å². The first-order chi connectivity index (χ1) is 12.1. The van der Waals surface area contributed by atoms with Gasteiger partial charge in [-0.05, 0) is 0 Å². The number of amides is 3. The minimum atomic E-state index is -0.265.